The van der Waals surface area contributed by atoms with Crippen LogP contribution in [0, 0.1) is 0 Å². The molecule has 0 bridgehead atoms. The highest BCUT2D eigenvalue weighted by atomic mass is 19.4. The molecule has 0 saturated carbocycles. The lowest BCUT2D eigenvalue weighted by Crippen LogP contribution is -2.66. The van der Waals surface area contributed by atoms with E-state index >= 15 is 0 Å². The van der Waals surface area contributed by atoms with Crippen LogP contribution in [0.1, 0.15) is 19.3 Å². The summed E-state index contributed by atoms with van der Waals surface area (Å²) in [5, 5.41) is 10.0. The Morgan fingerprint density at radius 2 is 0.900 bits per heavy atom. The summed E-state index contributed by atoms with van der Waals surface area (Å²) >= 11 is 0. The van der Waals surface area contributed by atoms with Crippen LogP contribution in [0.3, 0.4) is 0 Å². The van der Waals surface area contributed by atoms with Gasteiger partial charge in [-0.15, -0.1) is 0 Å². The highest BCUT2D eigenvalue weighted by Crippen LogP contribution is 2.54. The summed E-state index contributed by atoms with van der Waals surface area (Å²) in [5.41, 5.74) is 0. The van der Waals surface area contributed by atoms with E-state index in [1.807, 2.05) is 0 Å². The van der Waals surface area contributed by atoms with Crippen LogP contribution < -0.4 is 10.6 Å². The van der Waals surface area contributed by atoms with Gasteiger partial charge in [0, 0.05) is 6.54 Å². The lowest BCUT2D eigenvalue weighted by molar-refractivity contribution is -0.388. The summed E-state index contributed by atoms with van der Waals surface area (Å²) in [4.78, 5) is 33.3. The molecule has 236 valence electrons. The first-order chi connectivity index (χ1) is 17.4. The molecule has 0 rings (SSSR count). The number of amides is 2. The molecule has 0 spiro atoms. The fourth-order valence-electron chi connectivity index (χ4n) is 2.33. The van der Waals surface area contributed by atoms with E-state index in [1.165, 1.54) is 0 Å². The van der Waals surface area contributed by atoms with Crippen molar-refractivity contribution >= 4 is 17.8 Å². The third-order valence-electron chi connectivity index (χ3n) is 4.67. The van der Waals surface area contributed by atoms with Crippen molar-refractivity contribution in [2.45, 2.75) is 73.2 Å². The molecule has 3 N–H and O–H groups in total. The van der Waals surface area contributed by atoms with E-state index in [1.54, 1.807) is 0 Å². The number of carbonyl (C=O) groups excluding carboxylic acids is 2. The van der Waals surface area contributed by atoms with Gasteiger partial charge in [-0.2, -0.15) is 79.0 Å². The Morgan fingerprint density at radius 1 is 0.550 bits per heavy atom. The molecule has 40 heavy (non-hydrogen) atoms. The van der Waals surface area contributed by atoms with Crippen LogP contribution in [0.4, 0.5) is 79.0 Å². The molecule has 0 aliphatic rings. The molecule has 0 radical (unpaired) electrons. The van der Waals surface area contributed by atoms with Crippen molar-refractivity contribution in [3.05, 3.63) is 0 Å². The first kappa shape index (κ1) is 37.1. The monoisotopic (exact) mass is 638 g/mol. The summed E-state index contributed by atoms with van der Waals surface area (Å²) in [6.07, 6.45) is -17.8. The van der Waals surface area contributed by atoms with Crippen LogP contribution in [-0.4, -0.2) is 83.4 Å². The van der Waals surface area contributed by atoms with E-state index in [4.69, 9.17) is 5.11 Å². The Morgan fingerprint density at radius 3 is 1.23 bits per heavy atom. The number of carboxylic acids is 1. The largest absolute Gasteiger partial charge is 0.480 e. The van der Waals surface area contributed by atoms with Crippen molar-refractivity contribution in [2.75, 3.05) is 6.54 Å². The molecule has 0 aromatic heterocycles. The SMILES string of the molecule is O=C(O)[C@@H](CCCCNC(=O)C(F)(F)C(F)(F)C(F)(F)C(F)(F)F)NC(=O)C(F)(F)C(F)(F)C(F)(F)C(F)(F)F. The van der Waals surface area contributed by atoms with Gasteiger partial charge < -0.3 is 15.7 Å². The number of carboxylic acid groups (broad SMARTS) is 1. The summed E-state index contributed by atoms with van der Waals surface area (Å²) in [7, 11) is 0. The normalized spacial score (nSPS) is 15.4. The molecule has 24 heteroatoms. The second-order valence-electron chi connectivity index (χ2n) is 7.56. The minimum Gasteiger partial charge on any atom is -0.480 e. The number of halogens is 18. The second-order valence-corrected chi connectivity index (χ2v) is 7.56. The second kappa shape index (κ2) is 11.2. The number of nitrogens with one attached hydrogen (secondary N) is 2. The van der Waals surface area contributed by atoms with Gasteiger partial charge in [0.1, 0.15) is 6.04 Å². The van der Waals surface area contributed by atoms with Crippen molar-refractivity contribution < 1.29 is 98.5 Å². The minimum absolute atomic E-state index is 0.495. The Balaban J connectivity index is 5.33. The maximum absolute atomic E-state index is 13.5. The van der Waals surface area contributed by atoms with Gasteiger partial charge in [-0.1, -0.05) is 0 Å². The Labute approximate surface area is 208 Å². The van der Waals surface area contributed by atoms with Crippen LogP contribution in [0.25, 0.3) is 0 Å². The van der Waals surface area contributed by atoms with Gasteiger partial charge in [0.15, 0.2) is 0 Å². The maximum atomic E-state index is 13.5. The number of unbranched alkanes of at least 4 members (excludes halogenated alkanes) is 1. The Bertz CT molecular complexity index is 943. The van der Waals surface area contributed by atoms with E-state index in [-0.39, 0.29) is 0 Å². The van der Waals surface area contributed by atoms with Crippen LogP contribution in [0.2, 0.25) is 0 Å². The zero-order valence-corrected chi connectivity index (χ0v) is 18.4. The molecular formula is C16H12F18N2O4. The molecule has 6 nitrogen and oxygen atoms in total. The van der Waals surface area contributed by atoms with Crippen molar-refractivity contribution in [2.24, 2.45) is 0 Å². The standard InChI is InChI=1S/C16H12F18N2O4/c17-9(18,11(21,22)13(25,26)15(29,30)31)7(39)35-4-2-1-3-5(6(37)38)36-8(40)10(19,20)12(23,24)14(27,28)16(32,33)34/h5H,1-4H2,(H,35,39)(H,36,40)(H,37,38)/t5-/m1/s1. The minimum atomic E-state index is -7.51. The van der Waals surface area contributed by atoms with Crippen LogP contribution in [0.5, 0.6) is 0 Å². The molecule has 0 aromatic rings. The van der Waals surface area contributed by atoms with Gasteiger partial charge >= 0.3 is 53.9 Å². The molecule has 0 heterocycles. The van der Waals surface area contributed by atoms with Gasteiger partial charge in [0.25, 0.3) is 11.8 Å². The number of hydrogen-bond acceptors (Lipinski definition) is 3. The van der Waals surface area contributed by atoms with Crippen molar-refractivity contribution in [3.63, 3.8) is 0 Å². The molecule has 0 aliphatic carbocycles. The van der Waals surface area contributed by atoms with Gasteiger partial charge in [0.05, 0.1) is 0 Å². The molecule has 0 aliphatic heterocycles. The lowest BCUT2D eigenvalue weighted by atomic mass is 10.0. The average molecular weight is 638 g/mol. The molecule has 0 fully saturated rings. The van der Waals surface area contributed by atoms with Crippen LogP contribution >= 0.6 is 0 Å². The van der Waals surface area contributed by atoms with E-state index in [0.29, 0.717) is 5.32 Å². The smallest absolute Gasteiger partial charge is 0.460 e. The molecule has 0 unspecified atom stereocenters. The molecule has 0 saturated heterocycles. The van der Waals surface area contributed by atoms with Gasteiger partial charge in [-0.05, 0) is 19.3 Å². The average Bonchev–Trinajstić information content (AvgIpc) is 2.75. The Kier molecular flexibility index (Phi) is 10.4. The Hall–Kier alpha value is -2.85. The fraction of sp³-hybridized carbons (Fsp3) is 0.812. The number of hydrogen-bond donors (Lipinski definition) is 3. The van der Waals surface area contributed by atoms with Crippen molar-refractivity contribution in [3.8, 4) is 0 Å². The highest BCUT2D eigenvalue weighted by molar-refractivity contribution is 5.89. The zero-order chi connectivity index (χ0) is 32.6. The third-order valence-corrected chi connectivity index (χ3v) is 4.67. The molecule has 0 aromatic carbocycles. The third kappa shape index (κ3) is 6.54. The molecule has 2 amide bonds. The quantitative estimate of drug-likeness (QED) is 0.200. The molecule has 1 atom stereocenters. The van der Waals surface area contributed by atoms with E-state index in [0.717, 1.165) is 5.32 Å². The first-order valence-electron chi connectivity index (χ1n) is 9.58. The van der Waals surface area contributed by atoms with Crippen LogP contribution in [0.15, 0.2) is 0 Å². The predicted molar refractivity (Wildman–Crippen MR) is 88.2 cm³/mol. The number of alkyl halides is 18. The van der Waals surface area contributed by atoms with Crippen LogP contribution in [-0.2, 0) is 14.4 Å². The summed E-state index contributed by atoms with van der Waals surface area (Å²) in [5.74, 6) is -52.8. The fourth-order valence-corrected chi connectivity index (χ4v) is 2.33. The summed E-state index contributed by atoms with van der Waals surface area (Å²) < 4.78 is 230. The number of rotatable bonds is 13. The number of aliphatic carboxylic acids is 1. The van der Waals surface area contributed by atoms with Crippen molar-refractivity contribution in [1.29, 1.82) is 0 Å². The summed E-state index contributed by atoms with van der Waals surface area (Å²) in [6.45, 7) is -1.37. The predicted octanol–water partition coefficient (Wildman–Crippen LogP) is 4.78. The van der Waals surface area contributed by atoms with Gasteiger partial charge in [-0.25, -0.2) is 4.79 Å². The first-order valence-corrected chi connectivity index (χ1v) is 9.58. The topological polar surface area (TPSA) is 95.5 Å². The van der Waals surface area contributed by atoms with Crippen molar-refractivity contribution in [1.82, 2.24) is 10.6 Å². The zero-order valence-electron chi connectivity index (χ0n) is 18.4. The summed E-state index contributed by atoms with van der Waals surface area (Å²) in [6, 6.07) is -2.80. The van der Waals surface area contributed by atoms with E-state index < -0.39 is 97.5 Å². The maximum Gasteiger partial charge on any atom is 0.460 e. The van der Waals surface area contributed by atoms with Gasteiger partial charge in [-0.3, -0.25) is 9.59 Å². The lowest BCUT2D eigenvalue weighted by Gasteiger charge is -2.33. The number of carbonyl (C=O) groups is 3. The van der Waals surface area contributed by atoms with Gasteiger partial charge in [0.2, 0.25) is 0 Å². The molecular weight excluding hydrogens is 626 g/mol. The van der Waals surface area contributed by atoms with E-state index in [9.17, 15) is 93.4 Å². The highest BCUT2D eigenvalue weighted by Gasteiger charge is 2.85. The van der Waals surface area contributed by atoms with E-state index in [2.05, 4.69) is 0 Å².